The van der Waals surface area contributed by atoms with E-state index < -0.39 is 0 Å². The molecule has 3 nitrogen and oxygen atoms in total. The number of hydrogen-bond donors (Lipinski definition) is 0. The highest BCUT2D eigenvalue weighted by Gasteiger charge is 2.12. The molecule has 0 bridgehead atoms. The van der Waals surface area contributed by atoms with E-state index in [4.69, 9.17) is 11.6 Å². The summed E-state index contributed by atoms with van der Waals surface area (Å²) in [7, 11) is 0. The highest BCUT2D eigenvalue weighted by atomic mass is 35.5. The van der Waals surface area contributed by atoms with Crippen LogP contribution in [0.25, 0.3) is 0 Å². The fourth-order valence-electron chi connectivity index (χ4n) is 1.17. The predicted octanol–water partition coefficient (Wildman–Crippen LogP) is 3.12. The highest BCUT2D eigenvalue weighted by molar-refractivity contribution is 6.31. The van der Waals surface area contributed by atoms with Crippen molar-refractivity contribution in [3.8, 4) is 0 Å². The molecule has 0 N–H and O–H groups in total. The minimum Gasteiger partial charge on any atom is -0.258 e. The van der Waals surface area contributed by atoms with Gasteiger partial charge in [-0.25, -0.2) is 0 Å². The lowest BCUT2D eigenvalue weighted by molar-refractivity contribution is -0.385. The summed E-state index contributed by atoms with van der Waals surface area (Å²) in [6.45, 7) is 3.60. The third-order valence-corrected chi connectivity index (χ3v) is 2.29. The Morgan fingerprint density at radius 1 is 1.54 bits per heavy atom. The lowest BCUT2D eigenvalue weighted by Gasteiger charge is -2.02. The van der Waals surface area contributed by atoms with Crippen LogP contribution in [0.2, 0.25) is 5.02 Å². The molecule has 0 amide bonds. The average molecular weight is 200 g/mol. The third kappa shape index (κ3) is 1.98. The van der Waals surface area contributed by atoms with E-state index in [0.29, 0.717) is 17.0 Å². The van der Waals surface area contributed by atoms with Gasteiger partial charge in [0.2, 0.25) is 0 Å². The van der Waals surface area contributed by atoms with Crippen LogP contribution in [0.1, 0.15) is 18.1 Å². The second kappa shape index (κ2) is 3.75. The Morgan fingerprint density at radius 3 is 2.62 bits per heavy atom. The summed E-state index contributed by atoms with van der Waals surface area (Å²) in [4.78, 5) is 10.2. The summed E-state index contributed by atoms with van der Waals surface area (Å²) in [5, 5.41) is 11.2. The molecule has 0 aliphatic heterocycles. The van der Waals surface area contributed by atoms with E-state index in [-0.39, 0.29) is 10.6 Å². The van der Waals surface area contributed by atoms with Crippen molar-refractivity contribution in [3.63, 3.8) is 0 Å². The molecule has 1 aromatic carbocycles. The van der Waals surface area contributed by atoms with Crippen LogP contribution in [0.3, 0.4) is 0 Å². The molecule has 0 radical (unpaired) electrons. The maximum absolute atomic E-state index is 10.6. The Kier molecular flexibility index (Phi) is 2.88. The summed E-state index contributed by atoms with van der Waals surface area (Å²) < 4.78 is 0. The molecule has 4 heteroatoms. The normalized spacial score (nSPS) is 10.1. The first-order valence-electron chi connectivity index (χ1n) is 3.99. The molecule has 0 saturated heterocycles. The third-order valence-electron chi connectivity index (χ3n) is 1.94. The second-order valence-corrected chi connectivity index (χ2v) is 3.25. The molecule has 0 atom stereocenters. The fraction of sp³-hybridized carbons (Fsp3) is 0.333. The Labute approximate surface area is 81.5 Å². The van der Waals surface area contributed by atoms with E-state index in [9.17, 15) is 10.1 Å². The zero-order chi connectivity index (χ0) is 10.0. The van der Waals surface area contributed by atoms with E-state index >= 15 is 0 Å². The monoisotopic (exact) mass is 199 g/mol. The molecule has 0 aliphatic carbocycles. The molecule has 0 saturated carbocycles. The van der Waals surface area contributed by atoms with Gasteiger partial charge in [0.1, 0.15) is 0 Å². The van der Waals surface area contributed by atoms with Gasteiger partial charge in [0.15, 0.2) is 0 Å². The zero-order valence-corrected chi connectivity index (χ0v) is 8.26. The summed E-state index contributed by atoms with van der Waals surface area (Å²) >= 11 is 5.88. The molecule has 13 heavy (non-hydrogen) atoms. The largest absolute Gasteiger partial charge is 0.272 e. The number of nitro benzene ring substituents is 1. The number of nitro groups is 1. The fourth-order valence-corrected chi connectivity index (χ4v) is 1.52. The van der Waals surface area contributed by atoms with Gasteiger partial charge in [0.25, 0.3) is 5.69 Å². The van der Waals surface area contributed by atoms with Crippen LogP contribution >= 0.6 is 11.6 Å². The lowest BCUT2D eigenvalue weighted by Crippen LogP contribution is -1.94. The number of benzene rings is 1. The van der Waals surface area contributed by atoms with Crippen LogP contribution in [-0.2, 0) is 6.42 Å². The second-order valence-electron chi connectivity index (χ2n) is 2.84. The maximum atomic E-state index is 10.6. The van der Waals surface area contributed by atoms with Crippen molar-refractivity contribution in [1.82, 2.24) is 0 Å². The first kappa shape index (κ1) is 9.99. The molecule has 1 aromatic rings. The lowest BCUT2D eigenvalue weighted by atomic mass is 10.1. The van der Waals surface area contributed by atoms with E-state index in [1.807, 2.05) is 6.92 Å². The van der Waals surface area contributed by atoms with Gasteiger partial charge in [0, 0.05) is 16.7 Å². The molecule has 0 unspecified atom stereocenters. The van der Waals surface area contributed by atoms with Crippen molar-refractivity contribution >= 4 is 17.3 Å². The average Bonchev–Trinajstić information content (AvgIpc) is 2.03. The Morgan fingerprint density at radius 2 is 2.15 bits per heavy atom. The summed E-state index contributed by atoms with van der Waals surface area (Å²) in [6.07, 6.45) is 0.708. The van der Waals surface area contributed by atoms with Gasteiger partial charge in [-0.2, -0.15) is 0 Å². The van der Waals surface area contributed by atoms with Gasteiger partial charge in [-0.1, -0.05) is 18.5 Å². The van der Waals surface area contributed by atoms with Gasteiger partial charge in [0.05, 0.1) is 4.92 Å². The van der Waals surface area contributed by atoms with Gasteiger partial charge in [-0.05, 0) is 25.0 Å². The van der Waals surface area contributed by atoms with Gasteiger partial charge in [-0.15, -0.1) is 0 Å². The highest BCUT2D eigenvalue weighted by Crippen LogP contribution is 2.26. The predicted molar refractivity (Wildman–Crippen MR) is 52.2 cm³/mol. The minimum absolute atomic E-state index is 0.140. The van der Waals surface area contributed by atoms with E-state index in [1.54, 1.807) is 13.0 Å². The van der Waals surface area contributed by atoms with Crippen LogP contribution in [0.4, 0.5) is 5.69 Å². The molecule has 70 valence electrons. The molecule has 1 rings (SSSR count). The molecular weight excluding hydrogens is 190 g/mol. The number of halogens is 1. The zero-order valence-electron chi connectivity index (χ0n) is 7.50. The summed E-state index contributed by atoms with van der Waals surface area (Å²) in [5.74, 6) is 0. The Balaban J connectivity index is 3.30. The number of aryl methyl sites for hydroxylation is 2. The topological polar surface area (TPSA) is 43.1 Å². The van der Waals surface area contributed by atoms with Crippen molar-refractivity contribution in [1.29, 1.82) is 0 Å². The van der Waals surface area contributed by atoms with Crippen molar-refractivity contribution in [3.05, 3.63) is 38.4 Å². The van der Waals surface area contributed by atoms with Crippen LogP contribution in [-0.4, -0.2) is 4.92 Å². The minimum atomic E-state index is -0.384. The molecule has 0 aliphatic rings. The first-order valence-corrected chi connectivity index (χ1v) is 4.37. The SMILES string of the molecule is CCc1cc([N+](=O)[O-])c(C)cc1Cl. The number of rotatable bonds is 2. The number of nitrogens with zero attached hydrogens (tertiary/aromatic N) is 1. The van der Waals surface area contributed by atoms with Crippen molar-refractivity contribution in [2.24, 2.45) is 0 Å². The van der Waals surface area contributed by atoms with Crippen LogP contribution < -0.4 is 0 Å². The summed E-state index contributed by atoms with van der Waals surface area (Å²) in [6, 6.07) is 3.18. The Bertz CT molecular complexity index is 350. The van der Waals surface area contributed by atoms with Crippen LogP contribution in [0.5, 0.6) is 0 Å². The molecule has 0 spiro atoms. The van der Waals surface area contributed by atoms with E-state index in [1.165, 1.54) is 6.07 Å². The van der Waals surface area contributed by atoms with Crippen molar-refractivity contribution in [2.75, 3.05) is 0 Å². The van der Waals surface area contributed by atoms with E-state index in [0.717, 1.165) is 5.56 Å². The molecular formula is C9H10ClNO2. The molecule has 0 aromatic heterocycles. The quantitative estimate of drug-likeness (QED) is 0.543. The smallest absolute Gasteiger partial charge is 0.258 e. The Hall–Kier alpha value is -1.09. The van der Waals surface area contributed by atoms with Gasteiger partial charge in [-0.3, -0.25) is 10.1 Å². The van der Waals surface area contributed by atoms with Gasteiger partial charge < -0.3 is 0 Å². The number of hydrogen-bond acceptors (Lipinski definition) is 2. The van der Waals surface area contributed by atoms with E-state index in [2.05, 4.69) is 0 Å². The molecule has 0 heterocycles. The molecule has 0 fully saturated rings. The summed E-state index contributed by atoms with van der Waals surface area (Å²) in [5.41, 5.74) is 1.56. The van der Waals surface area contributed by atoms with Crippen LogP contribution in [0, 0.1) is 17.0 Å². The standard InChI is InChI=1S/C9H10ClNO2/c1-3-7-5-9(11(12)13)6(2)4-8(7)10/h4-5H,3H2,1-2H3. The van der Waals surface area contributed by atoms with Crippen molar-refractivity contribution < 1.29 is 4.92 Å². The van der Waals surface area contributed by atoms with Gasteiger partial charge >= 0.3 is 0 Å². The van der Waals surface area contributed by atoms with Crippen LogP contribution in [0.15, 0.2) is 12.1 Å². The first-order chi connectivity index (χ1) is 6.06. The van der Waals surface area contributed by atoms with Crippen molar-refractivity contribution in [2.45, 2.75) is 20.3 Å². The maximum Gasteiger partial charge on any atom is 0.272 e.